The molecule has 0 radical (unpaired) electrons. The van der Waals surface area contributed by atoms with E-state index in [1.165, 1.54) is 6.08 Å². The maximum absolute atomic E-state index is 12.5. The second-order valence-corrected chi connectivity index (χ2v) is 5.89. The summed E-state index contributed by atoms with van der Waals surface area (Å²) in [6.45, 7) is -0.110. The van der Waals surface area contributed by atoms with Gasteiger partial charge < -0.3 is 15.4 Å². The summed E-state index contributed by atoms with van der Waals surface area (Å²) < 4.78 is 0. The van der Waals surface area contributed by atoms with Gasteiger partial charge in [-0.2, -0.15) is 5.26 Å². The van der Waals surface area contributed by atoms with Crippen LogP contribution in [-0.4, -0.2) is 28.3 Å². The van der Waals surface area contributed by atoms with Crippen LogP contribution in [0.2, 0.25) is 0 Å². The number of ketones is 1. The van der Waals surface area contributed by atoms with Gasteiger partial charge in [-0.3, -0.25) is 14.4 Å². The minimum atomic E-state index is -0.685. The lowest BCUT2D eigenvalue weighted by Crippen LogP contribution is -2.23. The molecule has 28 heavy (non-hydrogen) atoms. The molecule has 0 aliphatic heterocycles. The first kappa shape index (κ1) is 18.6. The molecule has 0 atom stereocenters. The number of hydrogen-bond donors (Lipinski definition) is 3. The number of aromatic nitrogens is 1. The Morgan fingerprint density at radius 1 is 1.18 bits per heavy atom. The maximum Gasteiger partial charge on any atom is 0.263 e. The Kier molecular flexibility index (Phi) is 5.33. The number of hydrogen-bond acceptors (Lipinski definition) is 5. The number of rotatable bonds is 5. The zero-order valence-corrected chi connectivity index (χ0v) is 14.6. The number of carbonyl (C=O) groups excluding carboxylic acids is 2. The first-order valence-electron chi connectivity index (χ1n) is 8.33. The molecule has 3 aromatic rings. The molecule has 0 aliphatic carbocycles. The Morgan fingerprint density at radius 3 is 2.75 bits per heavy atom. The summed E-state index contributed by atoms with van der Waals surface area (Å²) in [4.78, 5) is 39.2. The number of pyridine rings is 1. The van der Waals surface area contributed by atoms with E-state index < -0.39 is 17.2 Å². The van der Waals surface area contributed by atoms with Gasteiger partial charge in [-0.05, 0) is 35.9 Å². The lowest BCUT2D eigenvalue weighted by atomic mass is 10.1. The summed E-state index contributed by atoms with van der Waals surface area (Å²) in [5.41, 5.74) is 0.279. The summed E-state index contributed by atoms with van der Waals surface area (Å²) in [7, 11) is 0. The predicted octanol–water partition coefficient (Wildman–Crippen LogP) is 2.38. The number of fused-ring (bicyclic) bond motifs is 1. The van der Waals surface area contributed by atoms with E-state index in [1.807, 2.05) is 6.07 Å². The topological polar surface area (TPSA) is 123 Å². The quantitative estimate of drug-likeness (QED) is 0.360. The highest BCUT2D eigenvalue weighted by atomic mass is 16.3. The van der Waals surface area contributed by atoms with Gasteiger partial charge in [0, 0.05) is 10.9 Å². The molecule has 0 unspecified atom stereocenters. The summed E-state index contributed by atoms with van der Waals surface area (Å²) in [6.07, 6.45) is 2.60. The Balaban J connectivity index is 1.89. The Bertz CT molecular complexity index is 1200. The molecule has 1 amide bonds. The number of allylic oxidation sites excluding steroid dienone is 1. The average Bonchev–Trinajstić information content (AvgIpc) is 2.70. The molecular formula is C21H15N3O4. The molecule has 0 saturated heterocycles. The van der Waals surface area contributed by atoms with Crippen molar-refractivity contribution < 1.29 is 14.7 Å². The van der Waals surface area contributed by atoms with Gasteiger partial charge in [0.15, 0.2) is 5.78 Å². The van der Waals surface area contributed by atoms with Gasteiger partial charge >= 0.3 is 0 Å². The smallest absolute Gasteiger partial charge is 0.263 e. The third kappa shape index (κ3) is 3.81. The van der Waals surface area contributed by atoms with Crippen molar-refractivity contribution in [2.45, 2.75) is 0 Å². The second-order valence-electron chi connectivity index (χ2n) is 5.89. The molecule has 7 nitrogen and oxygen atoms in total. The number of aromatic hydroxyl groups is 1. The largest absolute Gasteiger partial charge is 0.506 e. The molecule has 1 heterocycles. The van der Waals surface area contributed by atoms with E-state index in [2.05, 4.69) is 10.3 Å². The summed E-state index contributed by atoms with van der Waals surface area (Å²) >= 11 is 0. The lowest BCUT2D eigenvalue weighted by molar-refractivity contribution is 0.0957. The fraction of sp³-hybridized carbons (Fsp3) is 0.0476. The standard InChI is InChI=1S/C21H15N3O4/c22-10-11-23-20(27)14-5-3-4-13(12-14)8-9-17(25)18-19(26)15-6-1-2-7-16(15)24-21(18)28/h1-9,12H,11H2,(H,23,27)(H2,24,26,28). The number of para-hydroxylation sites is 1. The summed E-state index contributed by atoms with van der Waals surface area (Å²) in [5, 5.41) is 21.7. The SMILES string of the molecule is N#CCNC(=O)c1cccc(C=CC(=O)c2c(O)c3ccccc3[nH]c2=O)c1. The van der Waals surface area contributed by atoms with Crippen LogP contribution < -0.4 is 10.9 Å². The van der Waals surface area contributed by atoms with Crippen LogP contribution in [0.3, 0.4) is 0 Å². The van der Waals surface area contributed by atoms with Crippen LogP contribution in [0.4, 0.5) is 0 Å². The number of aromatic amines is 1. The zero-order valence-electron chi connectivity index (χ0n) is 14.6. The molecule has 0 bridgehead atoms. The van der Waals surface area contributed by atoms with Crippen LogP contribution >= 0.6 is 0 Å². The molecule has 3 rings (SSSR count). The predicted molar refractivity (Wildman–Crippen MR) is 104 cm³/mol. The van der Waals surface area contributed by atoms with Gasteiger partial charge in [-0.25, -0.2) is 0 Å². The second kappa shape index (κ2) is 8.01. The monoisotopic (exact) mass is 373 g/mol. The number of carbonyl (C=O) groups is 2. The van der Waals surface area contributed by atoms with Crippen molar-refractivity contribution in [1.29, 1.82) is 5.26 Å². The lowest BCUT2D eigenvalue weighted by Gasteiger charge is -2.05. The number of amides is 1. The van der Waals surface area contributed by atoms with Crippen molar-refractivity contribution >= 4 is 28.7 Å². The van der Waals surface area contributed by atoms with Crippen LogP contribution in [-0.2, 0) is 0 Å². The number of benzene rings is 2. The number of nitrogens with one attached hydrogen (secondary N) is 2. The Morgan fingerprint density at radius 2 is 1.96 bits per heavy atom. The first-order chi connectivity index (χ1) is 13.5. The van der Waals surface area contributed by atoms with E-state index in [0.29, 0.717) is 22.0 Å². The van der Waals surface area contributed by atoms with Crippen LogP contribution in [0.5, 0.6) is 5.75 Å². The van der Waals surface area contributed by atoms with Crippen molar-refractivity contribution in [3.63, 3.8) is 0 Å². The van der Waals surface area contributed by atoms with Crippen LogP contribution in [0, 0.1) is 11.3 Å². The highest BCUT2D eigenvalue weighted by Crippen LogP contribution is 2.25. The van der Waals surface area contributed by atoms with E-state index in [-0.39, 0.29) is 17.9 Å². The molecule has 2 aromatic carbocycles. The fourth-order valence-electron chi connectivity index (χ4n) is 2.71. The van der Waals surface area contributed by atoms with Gasteiger partial charge in [-0.1, -0.05) is 30.3 Å². The van der Waals surface area contributed by atoms with E-state index in [1.54, 1.807) is 48.5 Å². The van der Waals surface area contributed by atoms with E-state index in [9.17, 15) is 19.5 Å². The van der Waals surface area contributed by atoms with Crippen LogP contribution in [0.1, 0.15) is 26.3 Å². The normalized spacial score (nSPS) is 10.7. The molecule has 0 aliphatic rings. The Hall–Kier alpha value is -4.18. The highest BCUT2D eigenvalue weighted by molar-refractivity contribution is 6.11. The molecule has 1 aromatic heterocycles. The maximum atomic E-state index is 12.5. The van der Waals surface area contributed by atoms with Gasteiger partial charge in [0.2, 0.25) is 0 Å². The van der Waals surface area contributed by atoms with Gasteiger partial charge in [0.05, 0.1) is 11.6 Å². The van der Waals surface area contributed by atoms with Gasteiger partial charge in [0.1, 0.15) is 17.9 Å². The van der Waals surface area contributed by atoms with Gasteiger partial charge in [-0.15, -0.1) is 0 Å². The minimum Gasteiger partial charge on any atom is -0.506 e. The van der Waals surface area contributed by atoms with E-state index in [4.69, 9.17) is 5.26 Å². The van der Waals surface area contributed by atoms with Crippen molar-refractivity contribution in [2.75, 3.05) is 6.54 Å². The van der Waals surface area contributed by atoms with Crippen LogP contribution in [0.15, 0.2) is 59.4 Å². The number of nitriles is 1. The van der Waals surface area contributed by atoms with Crippen molar-refractivity contribution in [3.8, 4) is 11.8 Å². The van der Waals surface area contributed by atoms with E-state index in [0.717, 1.165) is 6.08 Å². The molecule has 7 heteroatoms. The van der Waals surface area contributed by atoms with E-state index >= 15 is 0 Å². The van der Waals surface area contributed by atoms with Crippen molar-refractivity contribution in [2.24, 2.45) is 0 Å². The fourth-order valence-corrected chi connectivity index (χ4v) is 2.71. The summed E-state index contributed by atoms with van der Waals surface area (Å²) in [6, 6.07) is 14.9. The molecule has 0 spiro atoms. The molecular weight excluding hydrogens is 358 g/mol. The van der Waals surface area contributed by atoms with Crippen molar-refractivity contribution in [1.82, 2.24) is 10.3 Å². The van der Waals surface area contributed by atoms with Crippen LogP contribution in [0.25, 0.3) is 17.0 Å². The molecule has 0 saturated carbocycles. The number of H-pyrrole nitrogens is 1. The molecule has 0 fully saturated rings. The molecule has 3 N–H and O–H groups in total. The zero-order chi connectivity index (χ0) is 20.1. The highest BCUT2D eigenvalue weighted by Gasteiger charge is 2.16. The van der Waals surface area contributed by atoms with Crippen molar-refractivity contribution in [3.05, 3.63) is 81.7 Å². The van der Waals surface area contributed by atoms with Gasteiger partial charge in [0.25, 0.3) is 11.5 Å². The number of nitrogens with zero attached hydrogens (tertiary/aromatic N) is 1. The molecule has 138 valence electrons. The third-order valence-corrected chi connectivity index (χ3v) is 4.04. The summed E-state index contributed by atoms with van der Waals surface area (Å²) in [5.74, 6) is -1.45. The third-order valence-electron chi connectivity index (χ3n) is 4.04. The first-order valence-corrected chi connectivity index (χ1v) is 8.33. The Labute approximate surface area is 159 Å². The minimum absolute atomic E-state index is 0.110. The average molecular weight is 373 g/mol.